The molecule has 0 saturated heterocycles. The van der Waals surface area contributed by atoms with Crippen molar-refractivity contribution >= 4 is 11.6 Å². The lowest BCUT2D eigenvalue weighted by Gasteiger charge is -2.14. The van der Waals surface area contributed by atoms with Crippen LogP contribution in [0.3, 0.4) is 0 Å². The number of rotatable bonds is 3. The summed E-state index contributed by atoms with van der Waals surface area (Å²) in [5.41, 5.74) is 1.40. The zero-order valence-corrected chi connectivity index (χ0v) is 15.9. The topological polar surface area (TPSA) is 139 Å². The van der Waals surface area contributed by atoms with Crippen LogP contribution in [0.1, 0.15) is 21.7 Å². The van der Waals surface area contributed by atoms with Crippen molar-refractivity contribution in [2.45, 2.75) is 6.92 Å². The normalized spacial score (nSPS) is 12.9. The summed E-state index contributed by atoms with van der Waals surface area (Å²) in [7, 11) is 0. The van der Waals surface area contributed by atoms with Crippen molar-refractivity contribution in [3.05, 3.63) is 81.1 Å². The number of H-pyrrole nitrogens is 1. The highest BCUT2D eigenvalue weighted by atomic mass is 16.2. The summed E-state index contributed by atoms with van der Waals surface area (Å²) in [6.07, 6.45) is 3.16. The van der Waals surface area contributed by atoms with Gasteiger partial charge in [0.15, 0.2) is 5.69 Å². The molecule has 3 N–H and O–H groups in total. The van der Waals surface area contributed by atoms with Crippen LogP contribution in [0.2, 0.25) is 0 Å². The van der Waals surface area contributed by atoms with Crippen LogP contribution < -0.4 is 16.1 Å². The predicted molar refractivity (Wildman–Crippen MR) is 108 cm³/mol. The van der Waals surface area contributed by atoms with E-state index in [1.165, 1.54) is 4.52 Å². The Morgan fingerprint density at radius 3 is 2.70 bits per heavy atom. The molecule has 30 heavy (non-hydrogen) atoms. The Kier molecular flexibility index (Phi) is 4.63. The molecule has 0 atom stereocenters. The maximum absolute atomic E-state index is 13.1. The molecule has 1 aliphatic heterocycles. The van der Waals surface area contributed by atoms with Gasteiger partial charge in [0, 0.05) is 11.3 Å². The number of benzene rings is 1. The zero-order chi connectivity index (χ0) is 21.3. The molecule has 0 saturated carbocycles. The molecule has 0 bridgehead atoms. The number of nitriles is 2. The molecule has 146 valence electrons. The molecule has 2 aromatic heterocycles. The summed E-state index contributed by atoms with van der Waals surface area (Å²) in [6, 6.07) is 13.1. The third kappa shape index (κ3) is 3.01. The summed E-state index contributed by atoms with van der Waals surface area (Å²) in [4.78, 5) is 30.1. The Bertz CT molecular complexity index is 1380. The maximum Gasteiger partial charge on any atom is 0.261 e. The zero-order valence-electron chi connectivity index (χ0n) is 15.9. The first-order chi connectivity index (χ1) is 14.5. The smallest absolute Gasteiger partial charge is 0.261 e. The summed E-state index contributed by atoms with van der Waals surface area (Å²) in [6.45, 7) is 1.87. The minimum absolute atomic E-state index is 0.0588. The van der Waals surface area contributed by atoms with E-state index in [-0.39, 0.29) is 23.4 Å². The molecule has 0 aliphatic carbocycles. The van der Waals surface area contributed by atoms with Crippen LogP contribution >= 0.6 is 0 Å². The number of hydrogen-bond donors (Lipinski definition) is 3. The number of aromatic amines is 1. The number of carbonyl (C=O) groups excluding carboxylic acids is 1. The highest BCUT2D eigenvalue weighted by Crippen LogP contribution is 2.23. The molecule has 3 heterocycles. The Morgan fingerprint density at radius 2 is 2.00 bits per heavy atom. The monoisotopic (exact) mass is 397 g/mol. The number of carbonyl (C=O) groups is 1. The number of amides is 1. The van der Waals surface area contributed by atoms with Gasteiger partial charge in [-0.25, -0.2) is 9.50 Å². The lowest BCUT2D eigenvalue weighted by molar-refractivity contribution is 0.0964. The van der Waals surface area contributed by atoms with Crippen molar-refractivity contribution in [2.24, 2.45) is 0 Å². The van der Waals surface area contributed by atoms with Gasteiger partial charge in [0.1, 0.15) is 17.3 Å². The summed E-state index contributed by atoms with van der Waals surface area (Å²) >= 11 is 0. The number of dihydropyridines is 1. The number of aryl methyl sites for hydroxylation is 1. The highest BCUT2D eigenvalue weighted by Gasteiger charge is 2.23. The number of allylic oxidation sites excluding steroid dienone is 1. The standard InChI is InChI=1S/C21H15N7O2/c1-12-17(21(30)26-15-7-8-24-11-14(15)9-22)19(29)20-25-16(10-23)18(28(20)27-12)13-5-3-2-4-6-13/h2-8,24,27H,11H2,1H3,(H,26,30). The number of nitrogens with zero attached hydrogens (tertiary/aromatic N) is 4. The van der Waals surface area contributed by atoms with Crippen LogP contribution in [-0.4, -0.2) is 27.0 Å². The summed E-state index contributed by atoms with van der Waals surface area (Å²) < 4.78 is 1.42. The lowest BCUT2D eigenvalue weighted by atomic mass is 10.1. The van der Waals surface area contributed by atoms with Gasteiger partial charge >= 0.3 is 0 Å². The van der Waals surface area contributed by atoms with E-state index in [1.807, 2.05) is 30.3 Å². The average Bonchev–Trinajstić information content (AvgIpc) is 3.13. The van der Waals surface area contributed by atoms with Crippen molar-refractivity contribution in [2.75, 3.05) is 6.54 Å². The highest BCUT2D eigenvalue weighted by molar-refractivity contribution is 5.97. The molecule has 0 fully saturated rings. The molecule has 1 aromatic carbocycles. The minimum atomic E-state index is -0.659. The molecule has 9 nitrogen and oxygen atoms in total. The van der Waals surface area contributed by atoms with Crippen LogP contribution in [0.15, 0.2) is 58.7 Å². The second-order valence-corrected chi connectivity index (χ2v) is 6.56. The van der Waals surface area contributed by atoms with E-state index in [4.69, 9.17) is 0 Å². The van der Waals surface area contributed by atoms with Crippen LogP contribution in [0.5, 0.6) is 0 Å². The van der Waals surface area contributed by atoms with Gasteiger partial charge in [-0.15, -0.1) is 0 Å². The van der Waals surface area contributed by atoms with Gasteiger partial charge in [0.05, 0.1) is 23.9 Å². The van der Waals surface area contributed by atoms with Crippen LogP contribution in [0.25, 0.3) is 16.9 Å². The molecular weight excluding hydrogens is 382 g/mol. The van der Waals surface area contributed by atoms with Gasteiger partial charge in [-0.2, -0.15) is 10.5 Å². The van der Waals surface area contributed by atoms with Gasteiger partial charge in [-0.05, 0) is 19.2 Å². The first-order valence-corrected chi connectivity index (χ1v) is 9.00. The Labute approximate surface area is 170 Å². The second-order valence-electron chi connectivity index (χ2n) is 6.56. The average molecular weight is 397 g/mol. The Balaban J connectivity index is 1.86. The van der Waals surface area contributed by atoms with Gasteiger partial charge in [0.2, 0.25) is 11.1 Å². The van der Waals surface area contributed by atoms with Gasteiger partial charge in [-0.1, -0.05) is 30.3 Å². The van der Waals surface area contributed by atoms with E-state index in [0.29, 0.717) is 28.2 Å². The summed E-state index contributed by atoms with van der Waals surface area (Å²) in [5.74, 6) is -0.659. The largest absolute Gasteiger partial charge is 0.386 e. The predicted octanol–water partition coefficient (Wildman–Crippen LogP) is 1.49. The van der Waals surface area contributed by atoms with E-state index in [9.17, 15) is 20.1 Å². The molecule has 1 aliphatic rings. The van der Waals surface area contributed by atoms with E-state index in [1.54, 1.807) is 31.3 Å². The number of nitrogens with one attached hydrogen (secondary N) is 3. The van der Waals surface area contributed by atoms with E-state index >= 15 is 0 Å². The molecule has 0 radical (unpaired) electrons. The van der Waals surface area contributed by atoms with Gasteiger partial charge in [-0.3, -0.25) is 14.7 Å². The van der Waals surface area contributed by atoms with Crippen LogP contribution in [0.4, 0.5) is 0 Å². The second kappa shape index (κ2) is 7.41. The number of aromatic nitrogens is 3. The third-order valence-corrected chi connectivity index (χ3v) is 4.70. The van der Waals surface area contributed by atoms with Gasteiger partial charge in [0.25, 0.3) is 5.91 Å². The minimum Gasteiger partial charge on any atom is -0.386 e. The van der Waals surface area contributed by atoms with E-state index in [0.717, 1.165) is 0 Å². The molecule has 4 rings (SSSR count). The Hall–Kier alpha value is -4.63. The van der Waals surface area contributed by atoms with Crippen molar-refractivity contribution in [1.82, 2.24) is 25.2 Å². The number of hydrogen-bond acceptors (Lipinski definition) is 6. The van der Waals surface area contributed by atoms with Crippen LogP contribution in [-0.2, 0) is 0 Å². The van der Waals surface area contributed by atoms with Gasteiger partial charge < -0.3 is 10.6 Å². The Morgan fingerprint density at radius 1 is 1.23 bits per heavy atom. The number of imidazole rings is 1. The third-order valence-electron chi connectivity index (χ3n) is 4.70. The van der Waals surface area contributed by atoms with E-state index in [2.05, 4.69) is 20.7 Å². The molecule has 0 spiro atoms. The maximum atomic E-state index is 13.1. The molecule has 0 unspecified atom stereocenters. The fraction of sp³-hybridized carbons (Fsp3) is 0.0952. The first kappa shape index (κ1) is 18.7. The quantitative estimate of drug-likeness (QED) is 0.612. The fourth-order valence-corrected chi connectivity index (χ4v) is 3.30. The van der Waals surface area contributed by atoms with Crippen LogP contribution in [0, 0.1) is 29.6 Å². The SMILES string of the molecule is Cc1[nH]n2c(-c3ccccc3)c(C#N)nc2c(=O)c1C(=O)NC1=C(C#N)CNC=C1. The van der Waals surface area contributed by atoms with E-state index < -0.39 is 11.3 Å². The first-order valence-electron chi connectivity index (χ1n) is 9.00. The lowest BCUT2D eigenvalue weighted by Crippen LogP contribution is -2.33. The fourth-order valence-electron chi connectivity index (χ4n) is 3.30. The summed E-state index contributed by atoms with van der Waals surface area (Å²) in [5, 5.41) is 27.2. The van der Waals surface area contributed by atoms with Crippen molar-refractivity contribution < 1.29 is 4.79 Å². The molecular formula is C21H15N7O2. The molecule has 1 amide bonds. The van der Waals surface area contributed by atoms with Crippen molar-refractivity contribution in [3.8, 4) is 23.4 Å². The van der Waals surface area contributed by atoms with Crippen molar-refractivity contribution in [3.63, 3.8) is 0 Å². The van der Waals surface area contributed by atoms with Crippen molar-refractivity contribution in [1.29, 1.82) is 10.5 Å². The molecule has 9 heteroatoms. The molecule has 3 aromatic rings. The number of fused-ring (bicyclic) bond motifs is 1.